The molecule has 1 aliphatic rings. The van der Waals surface area contributed by atoms with Gasteiger partial charge >= 0.3 is 0 Å². The Morgan fingerprint density at radius 1 is 1.29 bits per heavy atom. The van der Waals surface area contributed by atoms with Gasteiger partial charge in [0.25, 0.3) is 0 Å². The molecule has 2 atom stereocenters. The molecule has 1 N–H and O–H groups in total. The van der Waals surface area contributed by atoms with E-state index in [1.807, 2.05) is 0 Å². The van der Waals surface area contributed by atoms with E-state index in [1.54, 1.807) is 0 Å². The molecule has 0 heterocycles. The molecule has 1 aromatic carbocycles. The second-order valence-electron chi connectivity index (χ2n) is 4.76. The minimum absolute atomic E-state index is 0.122. The Labute approximate surface area is 101 Å². The number of benzene rings is 1. The first-order chi connectivity index (χ1) is 8.22. The van der Waals surface area contributed by atoms with Crippen molar-refractivity contribution in [3.05, 3.63) is 35.4 Å². The van der Waals surface area contributed by atoms with Crippen molar-refractivity contribution in [2.45, 2.75) is 44.6 Å². The highest BCUT2D eigenvalue weighted by molar-refractivity contribution is 5.25. The number of halogens is 2. The normalized spacial score (nSPS) is 24.2. The zero-order valence-electron chi connectivity index (χ0n) is 10.2. The van der Waals surface area contributed by atoms with Crippen LogP contribution in [0, 0.1) is 11.6 Å². The van der Waals surface area contributed by atoms with Gasteiger partial charge in [0.1, 0.15) is 11.6 Å². The highest BCUT2D eigenvalue weighted by atomic mass is 19.1. The molecule has 0 saturated heterocycles. The Hall–Kier alpha value is -0.960. The molecule has 0 amide bonds. The molecule has 0 bridgehead atoms. The fraction of sp³-hybridized carbons (Fsp3) is 0.571. The summed E-state index contributed by atoms with van der Waals surface area (Å²) in [5.74, 6) is -0.499. The van der Waals surface area contributed by atoms with Crippen LogP contribution in [-0.4, -0.2) is 12.6 Å². The van der Waals surface area contributed by atoms with E-state index in [-0.39, 0.29) is 17.6 Å². The van der Waals surface area contributed by atoms with Crippen molar-refractivity contribution in [2.75, 3.05) is 6.54 Å². The summed E-state index contributed by atoms with van der Waals surface area (Å²) >= 11 is 0. The second kappa shape index (κ2) is 5.58. The lowest BCUT2D eigenvalue weighted by Crippen LogP contribution is -2.32. The van der Waals surface area contributed by atoms with E-state index in [9.17, 15) is 8.78 Å². The SMILES string of the molecule is CCCNC1CCCC1c1cc(F)ccc1F. The summed E-state index contributed by atoms with van der Waals surface area (Å²) in [6, 6.07) is 4.07. The molecule has 1 nitrogen and oxygen atoms in total. The van der Waals surface area contributed by atoms with Gasteiger partial charge in [-0.25, -0.2) is 8.78 Å². The Morgan fingerprint density at radius 2 is 2.12 bits per heavy atom. The molecule has 2 unspecified atom stereocenters. The van der Waals surface area contributed by atoms with Crippen molar-refractivity contribution in [3.8, 4) is 0 Å². The zero-order chi connectivity index (χ0) is 12.3. The van der Waals surface area contributed by atoms with E-state index in [0.29, 0.717) is 11.6 Å². The third-order valence-corrected chi connectivity index (χ3v) is 3.53. The Morgan fingerprint density at radius 3 is 2.88 bits per heavy atom. The van der Waals surface area contributed by atoms with Gasteiger partial charge in [-0.2, -0.15) is 0 Å². The van der Waals surface area contributed by atoms with E-state index in [1.165, 1.54) is 18.2 Å². The van der Waals surface area contributed by atoms with Crippen LogP contribution in [0.1, 0.15) is 44.1 Å². The molecule has 0 radical (unpaired) electrons. The molecule has 1 saturated carbocycles. The molecule has 0 aliphatic heterocycles. The molecular formula is C14H19F2N. The number of hydrogen-bond donors (Lipinski definition) is 1. The predicted molar refractivity (Wildman–Crippen MR) is 65.0 cm³/mol. The van der Waals surface area contributed by atoms with Gasteiger partial charge < -0.3 is 5.32 Å². The van der Waals surface area contributed by atoms with E-state index in [4.69, 9.17) is 0 Å². The zero-order valence-corrected chi connectivity index (χ0v) is 10.2. The molecule has 3 heteroatoms. The highest BCUT2D eigenvalue weighted by Gasteiger charge is 2.30. The van der Waals surface area contributed by atoms with Gasteiger partial charge in [0.2, 0.25) is 0 Å². The summed E-state index contributed by atoms with van der Waals surface area (Å²) in [7, 11) is 0. The summed E-state index contributed by atoms with van der Waals surface area (Å²) in [5, 5.41) is 3.44. The van der Waals surface area contributed by atoms with Gasteiger partial charge in [0.05, 0.1) is 0 Å². The molecule has 1 fully saturated rings. The quantitative estimate of drug-likeness (QED) is 0.846. The minimum atomic E-state index is -0.345. The summed E-state index contributed by atoms with van der Waals surface area (Å²) in [5.41, 5.74) is 0.538. The van der Waals surface area contributed by atoms with Crippen molar-refractivity contribution >= 4 is 0 Å². The van der Waals surface area contributed by atoms with E-state index < -0.39 is 0 Å². The van der Waals surface area contributed by atoms with E-state index >= 15 is 0 Å². The minimum Gasteiger partial charge on any atom is -0.313 e. The summed E-state index contributed by atoms with van der Waals surface area (Å²) in [6.45, 7) is 3.05. The molecule has 2 rings (SSSR count). The molecule has 0 spiro atoms. The fourth-order valence-electron chi connectivity index (χ4n) is 2.71. The summed E-state index contributed by atoms with van der Waals surface area (Å²) < 4.78 is 26.9. The smallest absolute Gasteiger partial charge is 0.126 e. The van der Waals surface area contributed by atoms with Gasteiger partial charge in [-0.3, -0.25) is 0 Å². The monoisotopic (exact) mass is 239 g/mol. The first-order valence-corrected chi connectivity index (χ1v) is 6.40. The number of hydrogen-bond acceptors (Lipinski definition) is 1. The van der Waals surface area contributed by atoms with Crippen LogP contribution in [-0.2, 0) is 0 Å². The van der Waals surface area contributed by atoms with E-state index in [0.717, 1.165) is 32.2 Å². The third-order valence-electron chi connectivity index (χ3n) is 3.53. The number of nitrogens with one attached hydrogen (secondary N) is 1. The standard InChI is InChI=1S/C14H19F2N/c1-2-8-17-14-5-3-4-11(14)12-9-10(15)6-7-13(12)16/h6-7,9,11,14,17H,2-5,8H2,1H3. The van der Waals surface area contributed by atoms with Gasteiger partial charge in [0, 0.05) is 12.0 Å². The van der Waals surface area contributed by atoms with Crippen molar-refractivity contribution in [1.29, 1.82) is 0 Å². The maximum absolute atomic E-state index is 13.7. The molecule has 0 aromatic heterocycles. The maximum atomic E-state index is 13.7. The molecule has 94 valence electrons. The van der Waals surface area contributed by atoms with E-state index in [2.05, 4.69) is 12.2 Å². The molecule has 1 aromatic rings. The maximum Gasteiger partial charge on any atom is 0.126 e. The first kappa shape index (κ1) is 12.5. The lowest BCUT2D eigenvalue weighted by Gasteiger charge is -2.21. The van der Waals surface area contributed by atoms with Crippen LogP contribution in [0.25, 0.3) is 0 Å². The predicted octanol–water partition coefficient (Wildman–Crippen LogP) is 3.60. The van der Waals surface area contributed by atoms with Gasteiger partial charge in [0.15, 0.2) is 0 Å². The number of rotatable bonds is 4. The Kier molecular flexibility index (Phi) is 4.11. The molecule has 17 heavy (non-hydrogen) atoms. The highest BCUT2D eigenvalue weighted by Crippen LogP contribution is 2.36. The van der Waals surface area contributed by atoms with Gasteiger partial charge in [-0.1, -0.05) is 13.3 Å². The lowest BCUT2D eigenvalue weighted by atomic mass is 9.93. The molecule has 1 aliphatic carbocycles. The first-order valence-electron chi connectivity index (χ1n) is 6.40. The Bertz CT molecular complexity index is 378. The average Bonchev–Trinajstić information content (AvgIpc) is 2.77. The average molecular weight is 239 g/mol. The fourth-order valence-corrected chi connectivity index (χ4v) is 2.71. The van der Waals surface area contributed by atoms with Crippen LogP contribution in [0.5, 0.6) is 0 Å². The third kappa shape index (κ3) is 2.83. The lowest BCUT2D eigenvalue weighted by molar-refractivity contribution is 0.461. The van der Waals surface area contributed by atoms with Crippen LogP contribution in [0.2, 0.25) is 0 Å². The van der Waals surface area contributed by atoms with Crippen LogP contribution in [0.3, 0.4) is 0 Å². The van der Waals surface area contributed by atoms with Crippen molar-refractivity contribution < 1.29 is 8.78 Å². The topological polar surface area (TPSA) is 12.0 Å². The Balaban J connectivity index is 2.16. The van der Waals surface area contributed by atoms with Crippen LogP contribution < -0.4 is 5.32 Å². The largest absolute Gasteiger partial charge is 0.313 e. The second-order valence-corrected chi connectivity index (χ2v) is 4.76. The van der Waals surface area contributed by atoms with Crippen molar-refractivity contribution in [3.63, 3.8) is 0 Å². The van der Waals surface area contributed by atoms with Crippen LogP contribution >= 0.6 is 0 Å². The summed E-state index contributed by atoms with van der Waals surface area (Å²) in [6.07, 6.45) is 4.15. The van der Waals surface area contributed by atoms with Gasteiger partial charge in [-0.05, 0) is 49.6 Å². The van der Waals surface area contributed by atoms with Crippen LogP contribution in [0.4, 0.5) is 8.78 Å². The molecular weight excluding hydrogens is 220 g/mol. The van der Waals surface area contributed by atoms with Crippen molar-refractivity contribution in [2.24, 2.45) is 0 Å². The van der Waals surface area contributed by atoms with Gasteiger partial charge in [-0.15, -0.1) is 0 Å². The summed E-state index contributed by atoms with van der Waals surface area (Å²) in [4.78, 5) is 0. The van der Waals surface area contributed by atoms with Crippen LogP contribution in [0.15, 0.2) is 18.2 Å². The van der Waals surface area contributed by atoms with Crippen molar-refractivity contribution in [1.82, 2.24) is 5.32 Å².